The number of benzene rings is 1. The standard InChI is InChI=1S/C16H20N4O4S/c1-25(23,24)19-8-11-3-2-6-20(9-11)15-13-5-4-12(16(21)22)7-14(13)17-10-18-15/h4-5,7,10-11,19H,2-3,6,8-9H2,1H3,(H,21,22). The topological polar surface area (TPSA) is 112 Å². The third-order valence-corrected chi connectivity index (χ3v) is 5.01. The predicted octanol–water partition coefficient (Wildman–Crippen LogP) is 1.09. The first kappa shape index (κ1) is 17.6. The number of anilines is 1. The van der Waals surface area contributed by atoms with Gasteiger partial charge in [0.25, 0.3) is 0 Å². The van der Waals surface area contributed by atoms with Gasteiger partial charge in [0.05, 0.1) is 17.3 Å². The Morgan fingerprint density at radius 2 is 2.20 bits per heavy atom. The number of sulfonamides is 1. The minimum Gasteiger partial charge on any atom is -0.478 e. The van der Waals surface area contributed by atoms with E-state index in [-0.39, 0.29) is 11.5 Å². The van der Waals surface area contributed by atoms with Crippen molar-refractivity contribution in [2.75, 3.05) is 30.8 Å². The van der Waals surface area contributed by atoms with Gasteiger partial charge in [0.1, 0.15) is 12.1 Å². The summed E-state index contributed by atoms with van der Waals surface area (Å²) in [6.07, 6.45) is 4.48. The molecule has 8 nitrogen and oxygen atoms in total. The first-order valence-electron chi connectivity index (χ1n) is 8.01. The van der Waals surface area contributed by atoms with Gasteiger partial charge in [-0.05, 0) is 37.0 Å². The molecule has 0 radical (unpaired) electrons. The number of carbonyl (C=O) groups is 1. The normalized spacial score (nSPS) is 18.4. The number of fused-ring (bicyclic) bond motifs is 1. The van der Waals surface area contributed by atoms with Crippen LogP contribution in [-0.4, -0.2) is 55.4 Å². The number of carboxylic acid groups (broad SMARTS) is 1. The van der Waals surface area contributed by atoms with Crippen molar-refractivity contribution in [3.8, 4) is 0 Å². The van der Waals surface area contributed by atoms with E-state index in [2.05, 4.69) is 19.6 Å². The van der Waals surface area contributed by atoms with Crippen LogP contribution in [0.5, 0.6) is 0 Å². The van der Waals surface area contributed by atoms with Gasteiger partial charge in [-0.3, -0.25) is 0 Å². The molecule has 1 aromatic heterocycles. The maximum atomic E-state index is 11.3. The van der Waals surface area contributed by atoms with Gasteiger partial charge in [-0.1, -0.05) is 0 Å². The molecule has 1 aliphatic rings. The zero-order chi connectivity index (χ0) is 18.0. The molecule has 1 fully saturated rings. The molecule has 25 heavy (non-hydrogen) atoms. The van der Waals surface area contributed by atoms with E-state index in [4.69, 9.17) is 5.11 Å². The Bertz CT molecular complexity index is 900. The van der Waals surface area contributed by atoms with Crippen LogP contribution in [-0.2, 0) is 10.0 Å². The smallest absolute Gasteiger partial charge is 0.335 e. The highest BCUT2D eigenvalue weighted by atomic mass is 32.2. The molecule has 9 heteroatoms. The lowest BCUT2D eigenvalue weighted by molar-refractivity contribution is 0.0697. The molecular formula is C16H20N4O4S. The SMILES string of the molecule is CS(=O)(=O)NCC1CCCN(c2ncnc3cc(C(=O)O)ccc23)C1. The second kappa shape index (κ2) is 6.93. The van der Waals surface area contributed by atoms with Gasteiger partial charge in [0, 0.05) is 25.0 Å². The van der Waals surface area contributed by atoms with Crippen LogP contribution < -0.4 is 9.62 Å². The van der Waals surface area contributed by atoms with Crippen molar-refractivity contribution in [3.05, 3.63) is 30.1 Å². The number of rotatable bonds is 5. The van der Waals surface area contributed by atoms with E-state index in [0.717, 1.165) is 36.8 Å². The summed E-state index contributed by atoms with van der Waals surface area (Å²) in [5, 5.41) is 9.91. The Balaban J connectivity index is 1.84. The van der Waals surface area contributed by atoms with Gasteiger partial charge >= 0.3 is 5.97 Å². The average Bonchev–Trinajstić information content (AvgIpc) is 2.58. The third-order valence-electron chi connectivity index (χ3n) is 4.32. The summed E-state index contributed by atoms with van der Waals surface area (Å²) < 4.78 is 25.2. The van der Waals surface area contributed by atoms with E-state index in [1.165, 1.54) is 12.4 Å². The lowest BCUT2D eigenvalue weighted by Crippen LogP contribution is -2.41. The lowest BCUT2D eigenvalue weighted by Gasteiger charge is -2.34. The molecule has 0 amide bonds. The number of aromatic nitrogens is 2. The van der Waals surface area contributed by atoms with E-state index in [1.54, 1.807) is 12.1 Å². The molecule has 3 rings (SSSR count). The molecule has 2 N–H and O–H groups in total. The Morgan fingerprint density at radius 3 is 2.92 bits per heavy atom. The summed E-state index contributed by atoms with van der Waals surface area (Å²) in [5.41, 5.74) is 0.771. The maximum Gasteiger partial charge on any atom is 0.335 e. The van der Waals surface area contributed by atoms with Crippen LogP contribution in [0, 0.1) is 5.92 Å². The van der Waals surface area contributed by atoms with Crippen LogP contribution in [0.2, 0.25) is 0 Å². The van der Waals surface area contributed by atoms with Gasteiger partial charge in [-0.15, -0.1) is 0 Å². The summed E-state index contributed by atoms with van der Waals surface area (Å²) in [6, 6.07) is 4.81. The van der Waals surface area contributed by atoms with Crippen LogP contribution in [0.1, 0.15) is 23.2 Å². The van der Waals surface area contributed by atoms with E-state index in [0.29, 0.717) is 18.6 Å². The summed E-state index contributed by atoms with van der Waals surface area (Å²) in [4.78, 5) is 21.8. The Kier molecular flexibility index (Phi) is 4.87. The quantitative estimate of drug-likeness (QED) is 0.817. The lowest BCUT2D eigenvalue weighted by atomic mass is 9.98. The molecule has 0 saturated carbocycles. The number of hydrogen-bond donors (Lipinski definition) is 2. The van der Waals surface area contributed by atoms with Crippen LogP contribution in [0.25, 0.3) is 10.9 Å². The molecule has 2 aromatic rings. The zero-order valence-corrected chi connectivity index (χ0v) is 14.7. The monoisotopic (exact) mass is 364 g/mol. The first-order valence-corrected chi connectivity index (χ1v) is 9.90. The fraction of sp³-hybridized carbons (Fsp3) is 0.438. The summed E-state index contributed by atoms with van der Waals surface area (Å²) in [6.45, 7) is 1.92. The van der Waals surface area contributed by atoms with Crippen LogP contribution in [0.15, 0.2) is 24.5 Å². The fourth-order valence-electron chi connectivity index (χ4n) is 3.12. The van der Waals surface area contributed by atoms with Crippen molar-refractivity contribution in [2.45, 2.75) is 12.8 Å². The zero-order valence-electron chi connectivity index (χ0n) is 13.8. The molecule has 1 unspecified atom stereocenters. The summed E-state index contributed by atoms with van der Waals surface area (Å²) in [5.74, 6) is -0.0373. The maximum absolute atomic E-state index is 11.3. The first-order chi connectivity index (χ1) is 11.8. The number of aromatic carboxylic acids is 1. The van der Waals surface area contributed by atoms with Gasteiger partial charge in [-0.25, -0.2) is 27.9 Å². The van der Waals surface area contributed by atoms with E-state index < -0.39 is 16.0 Å². The molecule has 0 aliphatic carbocycles. The van der Waals surface area contributed by atoms with Gasteiger partial charge in [0.2, 0.25) is 10.0 Å². The van der Waals surface area contributed by atoms with E-state index >= 15 is 0 Å². The third kappa shape index (κ3) is 4.23. The highest BCUT2D eigenvalue weighted by molar-refractivity contribution is 7.88. The molecule has 0 spiro atoms. The molecule has 1 saturated heterocycles. The van der Waals surface area contributed by atoms with Gasteiger partial charge < -0.3 is 10.0 Å². The van der Waals surface area contributed by atoms with Gasteiger partial charge in [-0.2, -0.15) is 0 Å². The fourth-order valence-corrected chi connectivity index (χ4v) is 3.66. The van der Waals surface area contributed by atoms with Gasteiger partial charge in [0.15, 0.2) is 0 Å². The summed E-state index contributed by atoms with van der Waals surface area (Å²) >= 11 is 0. The average molecular weight is 364 g/mol. The number of hydrogen-bond acceptors (Lipinski definition) is 6. The Morgan fingerprint density at radius 1 is 1.40 bits per heavy atom. The molecule has 1 aromatic carbocycles. The highest BCUT2D eigenvalue weighted by Gasteiger charge is 2.23. The number of piperidine rings is 1. The molecule has 1 atom stereocenters. The second-order valence-electron chi connectivity index (χ2n) is 6.31. The molecule has 2 heterocycles. The minimum absolute atomic E-state index is 0.186. The van der Waals surface area contributed by atoms with Crippen molar-refractivity contribution in [2.24, 2.45) is 5.92 Å². The predicted molar refractivity (Wildman–Crippen MR) is 94.3 cm³/mol. The van der Waals surface area contributed by atoms with Crippen molar-refractivity contribution >= 4 is 32.7 Å². The summed E-state index contributed by atoms with van der Waals surface area (Å²) in [7, 11) is -3.20. The van der Waals surface area contributed by atoms with Crippen molar-refractivity contribution in [1.82, 2.24) is 14.7 Å². The van der Waals surface area contributed by atoms with Crippen LogP contribution in [0.4, 0.5) is 5.82 Å². The minimum atomic E-state index is -3.20. The molecule has 134 valence electrons. The van der Waals surface area contributed by atoms with E-state index in [1.807, 2.05) is 0 Å². The highest BCUT2D eigenvalue weighted by Crippen LogP contribution is 2.28. The second-order valence-corrected chi connectivity index (χ2v) is 8.14. The largest absolute Gasteiger partial charge is 0.478 e. The van der Waals surface area contributed by atoms with Crippen LogP contribution >= 0.6 is 0 Å². The van der Waals surface area contributed by atoms with Crippen molar-refractivity contribution in [3.63, 3.8) is 0 Å². The van der Waals surface area contributed by atoms with E-state index in [9.17, 15) is 13.2 Å². The van der Waals surface area contributed by atoms with Crippen molar-refractivity contribution < 1.29 is 18.3 Å². The Labute approximate surface area is 145 Å². The molecular weight excluding hydrogens is 344 g/mol. The van der Waals surface area contributed by atoms with Crippen LogP contribution in [0.3, 0.4) is 0 Å². The van der Waals surface area contributed by atoms with Crippen molar-refractivity contribution in [1.29, 1.82) is 0 Å². The number of nitrogens with one attached hydrogen (secondary N) is 1. The Hall–Kier alpha value is -2.26. The molecule has 0 bridgehead atoms. The number of nitrogens with zero attached hydrogens (tertiary/aromatic N) is 3. The molecule has 1 aliphatic heterocycles. The number of carboxylic acids is 1.